The van der Waals surface area contributed by atoms with Crippen LogP contribution in [0.4, 0.5) is 0 Å². The first-order valence-corrected chi connectivity index (χ1v) is 5.21. The van der Waals surface area contributed by atoms with Gasteiger partial charge in [-0.3, -0.25) is 4.99 Å². The molecular weight excluding hydrogens is 238 g/mol. The molecule has 16 heavy (non-hydrogen) atoms. The minimum Gasteiger partial charge on any atom is -0.507 e. The van der Waals surface area contributed by atoms with Crippen molar-refractivity contribution >= 4 is 31.5 Å². The van der Waals surface area contributed by atoms with Gasteiger partial charge in [0, 0.05) is 30.0 Å². The highest BCUT2D eigenvalue weighted by molar-refractivity contribution is 7.85. The lowest BCUT2D eigenvalue weighted by Crippen LogP contribution is -1.91. The molecule has 4 heteroatoms. The van der Waals surface area contributed by atoms with E-state index in [1.165, 1.54) is 0 Å². The van der Waals surface area contributed by atoms with E-state index in [2.05, 4.69) is 52.6 Å². The topological polar surface area (TPSA) is 32.6 Å². The third-order valence-corrected chi connectivity index (χ3v) is 2.03. The highest BCUT2D eigenvalue weighted by Crippen LogP contribution is 2.21. The van der Waals surface area contributed by atoms with Crippen molar-refractivity contribution in [3.8, 4) is 28.1 Å². The van der Waals surface area contributed by atoms with Crippen molar-refractivity contribution in [3.05, 3.63) is 28.8 Å². The van der Waals surface area contributed by atoms with E-state index in [-0.39, 0.29) is 5.75 Å². The fourth-order valence-electron chi connectivity index (χ4n) is 1.20. The lowest BCUT2D eigenvalue weighted by Gasteiger charge is -2.03. The maximum atomic E-state index is 9.78. The van der Waals surface area contributed by atoms with Crippen LogP contribution in [-0.2, 0) is 0 Å². The number of benzene rings is 1. The summed E-state index contributed by atoms with van der Waals surface area (Å²) < 4.78 is 0. The van der Waals surface area contributed by atoms with Crippen LogP contribution in [0.25, 0.3) is 0 Å². The summed E-state index contributed by atoms with van der Waals surface area (Å²) in [6.45, 7) is 0. The Balaban J connectivity index is 3.46. The van der Waals surface area contributed by atoms with E-state index in [9.17, 15) is 5.11 Å². The molecule has 0 aliphatic carbocycles. The summed E-state index contributed by atoms with van der Waals surface area (Å²) in [4.78, 5) is 3.86. The SMILES string of the molecule is CN=Cc1c(O)cc(C#CS)cc1C#CS. The van der Waals surface area contributed by atoms with Gasteiger partial charge in [-0.2, -0.15) is 0 Å². The van der Waals surface area contributed by atoms with Crippen molar-refractivity contribution in [2.75, 3.05) is 7.05 Å². The van der Waals surface area contributed by atoms with Crippen LogP contribution in [0.3, 0.4) is 0 Å². The van der Waals surface area contributed by atoms with Gasteiger partial charge in [0.15, 0.2) is 0 Å². The van der Waals surface area contributed by atoms with Crippen LogP contribution in [0.5, 0.6) is 5.75 Å². The van der Waals surface area contributed by atoms with Crippen molar-refractivity contribution in [1.82, 2.24) is 0 Å². The zero-order valence-electron chi connectivity index (χ0n) is 8.52. The van der Waals surface area contributed by atoms with Crippen LogP contribution in [-0.4, -0.2) is 18.4 Å². The smallest absolute Gasteiger partial charge is 0.126 e. The number of aromatic hydroxyl groups is 1. The predicted molar refractivity (Wildman–Crippen MR) is 73.4 cm³/mol. The molecule has 1 aromatic rings. The molecule has 0 saturated carbocycles. The van der Waals surface area contributed by atoms with Crippen molar-refractivity contribution in [3.63, 3.8) is 0 Å². The van der Waals surface area contributed by atoms with Crippen molar-refractivity contribution in [1.29, 1.82) is 0 Å². The van der Waals surface area contributed by atoms with E-state index in [4.69, 9.17) is 0 Å². The number of thiol groups is 2. The molecule has 0 aliphatic rings. The number of phenolic OH excluding ortho intramolecular Hbond substituents is 1. The molecule has 0 radical (unpaired) electrons. The summed E-state index contributed by atoms with van der Waals surface area (Å²) in [5.74, 6) is 5.59. The van der Waals surface area contributed by atoms with Gasteiger partial charge in [0.2, 0.25) is 0 Å². The number of hydrogen-bond donors (Lipinski definition) is 3. The molecule has 0 fully saturated rings. The molecule has 0 amide bonds. The van der Waals surface area contributed by atoms with Crippen molar-refractivity contribution in [2.24, 2.45) is 4.99 Å². The Morgan fingerprint density at radius 2 is 1.94 bits per heavy atom. The van der Waals surface area contributed by atoms with E-state index in [0.717, 1.165) is 0 Å². The summed E-state index contributed by atoms with van der Waals surface area (Å²) in [5.41, 5.74) is 1.84. The number of rotatable bonds is 1. The van der Waals surface area contributed by atoms with Gasteiger partial charge in [-0.05, 0) is 22.6 Å². The number of hydrogen-bond acceptors (Lipinski definition) is 4. The second-order valence-corrected chi connectivity index (χ2v) is 3.26. The van der Waals surface area contributed by atoms with Gasteiger partial charge in [-0.15, -0.1) is 0 Å². The van der Waals surface area contributed by atoms with E-state index in [1.54, 1.807) is 25.4 Å². The second kappa shape index (κ2) is 6.17. The molecule has 0 aliphatic heterocycles. The molecule has 0 saturated heterocycles. The minimum atomic E-state index is 0.0882. The van der Waals surface area contributed by atoms with Crippen molar-refractivity contribution in [2.45, 2.75) is 0 Å². The first-order chi connectivity index (χ1) is 7.72. The highest BCUT2D eigenvalue weighted by atomic mass is 32.1. The summed E-state index contributed by atoms with van der Waals surface area (Å²) >= 11 is 7.63. The summed E-state index contributed by atoms with van der Waals surface area (Å²) in [7, 11) is 1.62. The van der Waals surface area contributed by atoms with Crippen LogP contribution in [0.15, 0.2) is 17.1 Å². The maximum Gasteiger partial charge on any atom is 0.126 e. The third kappa shape index (κ3) is 3.00. The molecule has 80 valence electrons. The van der Waals surface area contributed by atoms with Gasteiger partial charge in [0.1, 0.15) is 5.75 Å². The Bertz CT molecular complexity index is 542. The molecule has 0 atom stereocenters. The first kappa shape index (κ1) is 12.6. The molecule has 2 nitrogen and oxygen atoms in total. The molecule has 0 spiro atoms. The fraction of sp³-hybridized carbons (Fsp3) is 0.0833. The quantitative estimate of drug-likeness (QED) is 0.395. The normalized spacial score (nSPS) is 9.19. The molecule has 1 aromatic carbocycles. The zero-order chi connectivity index (χ0) is 12.0. The van der Waals surface area contributed by atoms with Gasteiger partial charge in [0.25, 0.3) is 0 Å². The van der Waals surface area contributed by atoms with E-state index in [0.29, 0.717) is 16.7 Å². The predicted octanol–water partition coefficient (Wildman–Crippen LogP) is 1.92. The maximum absolute atomic E-state index is 9.78. The molecule has 0 heterocycles. The average Bonchev–Trinajstić information content (AvgIpc) is 2.24. The molecule has 1 rings (SSSR count). The fourth-order valence-corrected chi connectivity index (χ4v) is 1.45. The highest BCUT2D eigenvalue weighted by Gasteiger charge is 2.06. The van der Waals surface area contributed by atoms with Crippen LogP contribution in [0, 0.1) is 22.3 Å². The summed E-state index contributed by atoms with van der Waals surface area (Å²) in [6, 6.07) is 3.30. The van der Waals surface area contributed by atoms with Crippen LogP contribution >= 0.6 is 25.3 Å². The Labute approximate surface area is 106 Å². The Morgan fingerprint density at radius 3 is 2.50 bits per heavy atom. The minimum absolute atomic E-state index is 0.0882. The van der Waals surface area contributed by atoms with E-state index < -0.39 is 0 Å². The molecule has 0 unspecified atom stereocenters. The van der Waals surface area contributed by atoms with Crippen LogP contribution in [0.2, 0.25) is 0 Å². The summed E-state index contributed by atoms with van der Waals surface area (Å²) in [6.07, 6.45) is 1.54. The van der Waals surface area contributed by atoms with Gasteiger partial charge >= 0.3 is 0 Å². The molecule has 0 aromatic heterocycles. The Hall–Kier alpha value is -1.49. The molecular formula is C12H9NOS2. The van der Waals surface area contributed by atoms with Gasteiger partial charge in [-0.1, -0.05) is 37.1 Å². The lowest BCUT2D eigenvalue weighted by atomic mass is 10.0. The van der Waals surface area contributed by atoms with Gasteiger partial charge < -0.3 is 5.11 Å². The second-order valence-electron chi connectivity index (χ2n) is 2.82. The molecule has 1 N–H and O–H groups in total. The first-order valence-electron chi connectivity index (χ1n) is 4.32. The van der Waals surface area contributed by atoms with E-state index >= 15 is 0 Å². The number of nitrogens with zero attached hydrogens (tertiary/aromatic N) is 1. The third-order valence-electron chi connectivity index (χ3n) is 1.81. The largest absolute Gasteiger partial charge is 0.507 e. The number of phenols is 1. The Kier molecular flexibility index (Phi) is 4.85. The monoisotopic (exact) mass is 247 g/mol. The standard InChI is InChI=1S/C12H9NOS2/c1-13-8-11-10(3-5-16)6-9(2-4-15)7-12(11)14/h6-8,14-16H,1H3. The average molecular weight is 247 g/mol. The van der Waals surface area contributed by atoms with Gasteiger partial charge in [0.05, 0.1) is 0 Å². The van der Waals surface area contributed by atoms with E-state index in [1.807, 2.05) is 0 Å². The molecule has 0 bridgehead atoms. The lowest BCUT2D eigenvalue weighted by molar-refractivity contribution is 0.474. The van der Waals surface area contributed by atoms with Gasteiger partial charge in [-0.25, -0.2) is 0 Å². The zero-order valence-corrected chi connectivity index (χ0v) is 10.3. The van der Waals surface area contributed by atoms with Crippen LogP contribution < -0.4 is 0 Å². The van der Waals surface area contributed by atoms with Crippen LogP contribution in [0.1, 0.15) is 16.7 Å². The summed E-state index contributed by atoms with van der Waals surface area (Å²) in [5, 5.41) is 14.7. The Morgan fingerprint density at radius 1 is 1.25 bits per heavy atom. The van der Waals surface area contributed by atoms with Crippen molar-refractivity contribution < 1.29 is 5.11 Å². The number of aliphatic imine (C=N–C) groups is 1.